The molecule has 3 heteroatoms. The highest BCUT2D eigenvalue weighted by molar-refractivity contribution is 7.24. The molecule has 0 N–H and O–H groups in total. The van der Waals surface area contributed by atoms with E-state index in [1.165, 1.54) is 53.5 Å². The molecule has 6 aromatic carbocycles. The van der Waals surface area contributed by atoms with Crippen LogP contribution >= 0.6 is 11.3 Å². The molecule has 41 heavy (non-hydrogen) atoms. The summed E-state index contributed by atoms with van der Waals surface area (Å²) in [6, 6.07) is 49.8. The number of nitrogens with zero attached hydrogens (tertiary/aromatic N) is 1. The largest absolute Gasteiger partial charge is 0.454 e. The van der Waals surface area contributed by atoms with Gasteiger partial charge in [-0.25, -0.2) is 0 Å². The van der Waals surface area contributed by atoms with Crippen molar-refractivity contribution in [1.29, 1.82) is 0 Å². The topological polar surface area (TPSA) is 18.1 Å². The molecule has 9 aromatic rings. The Kier molecular flexibility index (Phi) is 4.80. The van der Waals surface area contributed by atoms with Crippen LogP contribution in [0.5, 0.6) is 0 Å². The van der Waals surface area contributed by atoms with Gasteiger partial charge in [0.25, 0.3) is 0 Å². The Morgan fingerprint density at radius 2 is 1.17 bits per heavy atom. The van der Waals surface area contributed by atoms with Crippen LogP contribution in [-0.4, -0.2) is 4.57 Å². The van der Waals surface area contributed by atoms with Crippen molar-refractivity contribution >= 4 is 65.2 Å². The first kappa shape index (κ1) is 22.7. The average Bonchev–Trinajstić information content (AvgIpc) is 3.71. The summed E-state index contributed by atoms with van der Waals surface area (Å²) < 4.78 is 10.2. The lowest BCUT2D eigenvalue weighted by Gasteiger charge is -2.09. The Bertz CT molecular complexity index is 2410. The number of aromatic nitrogens is 1. The van der Waals surface area contributed by atoms with Crippen molar-refractivity contribution in [2.45, 2.75) is 0 Å². The molecule has 3 aromatic heterocycles. The lowest BCUT2D eigenvalue weighted by Crippen LogP contribution is -1.94. The van der Waals surface area contributed by atoms with E-state index in [0.717, 1.165) is 27.6 Å². The van der Waals surface area contributed by atoms with Crippen LogP contribution in [0, 0.1) is 0 Å². The number of hydrogen-bond donors (Lipinski definition) is 0. The van der Waals surface area contributed by atoms with Crippen LogP contribution in [-0.2, 0) is 0 Å². The monoisotopic (exact) mass is 541 g/mol. The van der Waals surface area contributed by atoms with Crippen molar-refractivity contribution < 1.29 is 4.42 Å². The number of benzene rings is 6. The summed E-state index contributed by atoms with van der Waals surface area (Å²) in [5.74, 6) is 0. The van der Waals surface area contributed by atoms with Gasteiger partial charge in [-0.05, 0) is 35.4 Å². The highest BCUT2D eigenvalue weighted by Gasteiger charge is 2.22. The maximum absolute atomic E-state index is 6.51. The molecule has 0 atom stereocenters. The number of hydrogen-bond acceptors (Lipinski definition) is 2. The van der Waals surface area contributed by atoms with Gasteiger partial charge in [0.2, 0.25) is 0 Å². The average molecular weight is 542 g/mol. The second-order valence-electron chi connectivity index (χ2n) is 10.5. The standard InChI is InChI=1S/C38H23NOS/c1-3-12-24(13-4-1)34-29-22-23-31-35(38(29)41-37(34)25-14-5-2-6-15-25)28-17-7-9-19-30(28)39(31)32-20-11-18-27-26-16-8-10-21-33(26)40-36(27)32/h1-23H. The van der Waals surface area contributed by atoms with Crippen LogP contribution in [0.1, 0.15) is 0 Å². The zero-order valence-corrected chi connectivity index (χ0v) is 22.9. The third-order valence-electron chi connectivity index (χ3n) is 8.21. The number of furan rings is 1. The first-order chi connectivity index (χ1) is 20.4. The Morgan fingerprint density at radius 3 is 2.00 bits per heavy atom. The molecular formula is C38H23NOS. The zero-order chi connectivity index (χ0) is 26.9. The number of fused-ring (bicyclic) bond motifs is 8. The van der Waals surface area contributed by atoms with Crippen molar-refractivity contribution in [3.05, 3.63) is 140 Å². The van der Waals surface area contributed by atoms with E-state index in [1.807, 2.05) is 17.4 Å². The maximum atomic E-state index is 6.51. The summed E-state index contributed by atoms with van der Waals surface area (Å²) in [4.78, 5) is 1.30. The fourth-order valence-corrected chi connectivity index (χ4v) is 7.84. The van der Waals surface area contributed by atoms with E-state index >= 15 is 0 Å². The lowest BCUT2D eigenvalue weighted by molar-refractivity contribution is 0.666. The van der Waals surface area contributed by atoms with E-state index in [1.54, 1.807) is 0 Å². The van der Waals surface area contributed by atoms with Crippen LogP contribution in [0.2, 0.25) is 0 Å². The Morgan fingerprint density at radius 1 is 0.488 bits per heavy atom. The third-order valence-corrected chi connectivity index (χ3v) is 9.49. The van der Waals surface area contributed by atoms with E-state index in [4.69, 9.17) is 4.42 Å². The molecule has 0 unspecified atom stereocenters. The van der Waals surface area contributed by atoms with Gasteiger partial charge in [0.1, 0.15) is 5.58 Å². The summed E-state index contributed by atoms with van der Waals surface area (Å²) in [5.41, 5.74) is 9.05. The molecule has 192 valence electrons. The normalized spacial score (nSPS) is 11.9. The van der Waals surface area contributed by atoms with Crippen LogP contribution in [0.3, 0.4) is 0 Å². The van der Waals surface area contributed by atoms with E-state index in [-0.39, 0.29) is 0 Å². The summed E-state index contributed by atoms with van der Waals surface area (Å²) in [6.45, 7) is 0. The smallest absolute Gasteiger partial charge is 0.159 e. The number of para-hydroxylation sites is 3. The summed E-state index contributed by atoms with van der Waals surface area (Å²) in [5, 5.41) is 6.11. The first-order valence-corrected chi connectivity index (χ1v) is 14.7. The predicted octanol–water partition coefficient (Wildman–Crippen LogP) is 11.2. The predicted molar refractivity (Wildman–Crippen MR) is 174 cm³/mol. The van der Waals surface area contributed by atoms with E-state index in [2.05, 4.69) is 138 Å². The van der Waals surface area contributed by atoms with Crippen molar-refractivity contribution in [2.75, 3.05) is 0 Å². The molecule has 0 aliphatic heterocycles. The Labute approximate surface area is 240 Å². The van der Waals surface area contributed by atoms with Crippen LogP contribution < -0.4 is 0 Å². The summed E-state index contributed by atoms with van der Waals surface area (Å²) >= 11 is 1.90. The third kappa shape index (κ3) is 3.24. The van der Waals surface area contributed by atoms with Gasteiger partial charge in [-0.15, -0.1) is 11.3 Å². The molecule has 0 aliphatic carbocycles. The fourth-order valence-electron chi connectivity index (χ4n) is 6.46. The van der Waals surface area contributed by atoms with Gasteiger partial charge in [-0.2, -0.15) is 0 Å². The molecule has 0 bridgehead atoms. The molecular weight excluding hydrogens is 518 g/mol. The highest BCUT2D eigenvalue weighted by atomic mass is 32.1. The second-order valence-corrected chi connectivity index (χ2v) is 11.5. The second kappa shape index (κ2) is 8.69. The molecule has 2 nitrogen and oxygen atoms in total. The van der Waals surface area contributed by atoms with Crippen LogP contribution in [0.25, 0.3) is 81.1 Å². The van der Waals surface area contributed by atoms with Gasteiger partial charge in [-0.3, -0.25) is 0 Å². The first-order valence-electron chi connectivity index (χ1n) is 13.9. The number of rotatable bonds is 3. The molecule has 0 saturated heterocycles. The fraction of sp³-hybridized carbons (Fsp3) is 0. The molecule has 9 rings (SSSR count). The molecule has 0 radical (unpaired) electrons. The Hall–Kier alpha value is -5.12. The minimum absolute atomic E-state index is 0.913. The Balaban J connectivity index is 1.43. The van der Waals surface area contributed by atoms with Gasteiger partial charge in [0, 0.05) is 42.1 Å². The summed E-state index contributed by atoms with van der Waals surface area (Å²) in [6.07, 6.45) is 0. The van der Waals surface area contributed by atoms with E-state index in [0.29, 0.717) is 0 Å². The molecule has 0 amide bonds. The molecule has 0 saturated carbocycles. The maximum Gasteiger partial charge on any atom is 0.159 e. The van der Waals surface area contributed by atoms with Crippen LogP contribution in [0.4, 0.5) is 0 Å². The number of thiophene rings is 1. The van der Waals surface area contributed by atoms with E-state index in [9.17, 15) is 0 Å². The molecule has 3 heterocycles. The molecule has 0 fully saturated rings. The lowest BCUT2D eigenvalue weighted by atomic mass is 9.98. The van der Waals surface area contributed by atoms with Crippen molar-refractivity contribution in [2.24, 2.45) is 0 Å². The van der Waals surface area contributed by atoms with Gasteiger partial charge >= 0.3 is 0 Å². The van der Waals surface area contributed by atoms with Crippen molar-refractivity contribution in [3.63, 3.8) is 0 Å². The quantitative estimate of drug-likeness (QED) is 0.217. The zero-order valence-electron chi connectivity index (χ0n) is 22.0. The van der Waals surface area contributed by atoms with Crippen LogP contribution in [0.15, 0.2) is 144 Å². The van der Waals surface area contributed by atoms with Crippen molar-refractivity contribution in [1.82, 2.24) is 4.57 Å². The van der Waals surface area contributed by atoms with Gasteiger partial charge < -0.3 is 8.98 Å². The van der Waals surface area contributed by atoms with Gasteiger partial charge in [0.05, 0.1) is 16.7 Å². The molecule has 0 aliphatic rings. The van der Waals surface area contributed by atoms with Gasteiger partial charge in [-0.1, -0.05) is 115 Å². The van der Waals surface area contributed by atoms with Crippen molar-refractivity contribution in [3.8, 4) is 27.3 Å². The SMILES string of the molecule is c1ccc(-c2sc3c(ccc4c3c3ccccc3n4-c3cccc4c3oc3ccccc34)c2-c2ccccc2)cc1. The molecule has 0 spiro atoms. The minimum atomic E-state index is 0.913. The van der Waals surface area contributed by atoms with E-state index < -0.39 is 0 Å². The summed E-state index contributed by atoms with van der Waals surface area (Å²) in [7, 11) is 0. The van der Waals surface area contributed by atoms with Gasteiger partial charge in [0.15, 0.2) is 5.58 Å². The minimum Gasteiger partial charge on any atom is -0.454 e. The highest BCUT2D eigenvalue weighted by Crippen LogP contribution is 2.49.